The minimum absolute atomic E-state index is 0.0897. The van der Waals surface area contributed by atoms with E-state index in [1.165, 1.54) is 12.1 Å². The van der Waals surface area contributed by atoms with Crippen LogP contribution in [0.3, 0.4) is 0 Å². The maximum atomic E-state index is 13.4. The van der Waals surface area contributed by atoms with Gasteiger partial charge in [0.1, 0.15) is 5.82 Å². The quantitative estimate of drug-likeness (QED) is 0.757. The Morgan fingerprint density at radius 3 is 3.04 bits per heavy atom. The van der Waals surface area contributed by atoms with Gasteiger partial charge in [-0.1, -0.05) is 5.16 Å². The van der Waals surface area contributed by atoms with Gasteiger partial charge in [0.25, 0.3) is 0 Å². The zero-order valence-corrected chi connectivity index (χ0v) is 12.9. The zero-order valence-electron chi connectivity index (χ0n) is 12.9. The molecule has 120 valence electrons. The number of nitrogens with one attached hydrogen (secondary N) is 1. The highest BCUT2D eigenvalue weighted by molar-refractivity contribution is 5.83. The van der Waals surface area contributed by atoms with Gasteiger partial charge in [0.15, 0.2) is 5.82 Å². The molecule has 4 rings (SSSR count). The lowest BCUT2D eigenvalue weighted by Gasteiger charge is -2.08. The molecule has 0 radical (unpaired) electrons. The van der Waals surface area contributed by atoms with Crippen molar-refractivity contribution in [2.24, 2.45) is 0 Å². The van der Waals surface area contributed by atoms with E-state index >= 15 is 0 Å². The summed E-state index contributed by atoms with van der Waals surface area (Å²) in [5.41, 5.74) is 1.77. The second-order valence-corrected chi connectivity index (χ2v) is 6.11. The lowest BCUT2D eigenvalue weighted by molar-refractivity contribution is 0.114. The molecule has 1 saturated carbocycles. The smallest absolute Gasteiger partial charge is 0.235 e. The highest BCUT2D eigenvalue weighted by atomic mass is 19.1. The van der Waals surface area contributed by atoms with Crippen LogP contribution >= 0.6 is 0 Å². The normalized spacial score (nSPS) is 16.1. The van der Waals surface area contributed by atoms with Crippen LogP contribution in [0, 0.1) is 5.82 Å². The monoisotopic (exact) mass is 315 g/mol. The third-order valence-electron chi connectivity index (χ3n) is 4.44. The number of aromatic nitrogens is 3. The van der Waals surface area contributed by atoms with Crippen molar-refractivity contribution in [1.82, 2.24) is 15.1 Å². The van der Waals surface area contributed by atoms with Crippen LogP contribution in [0.2, 0.25) is 0 Å². The molecule has 1 fully saturated rings. The average molecular weight is 315 g/mol. The molecular weight excluding hydrogens is 297 g/mol. The summed E-state index contributed by atoms with van der Waals surface area (Å²) in [6.45, 7) is 3.29. The standard InChI is InChI=1S/C17H18FN3O2/c1-2-22-10-17(5-6-17)16-20-15(21-23-16)7-11-9-19-14-4-3-12(18)8-13(11)14/h3-4,8-9,19H,2,5-7,10H2,1H3. The van der Waals surface area contributed by atoms with Gasteiger partial charge in [-0.15, -0.1) is 0 Å². The number of halogens is 1. The third-order valence-corrected chi connectivity index (χ3v) is 4.44. The lowest BCUT2D eigenvalue weighted by atomic mass is 10.1. The largest absolute Gasteiger partial charge is 0.381 e. The molecule has 0 bridgehead atoms. The van der Waals surface area contributed by atoms with Gasteiger partial charge in [-0.3, -0.25) is 0 Å². The first-order valence-corrected chi connectivity index (χ1v) is 7.86. The van der Waals surface area contributed by atoms with Crippen molar-refractivity contribution < 1.29 is 13.7 Å². The summed E-state index contributed by atoms with van der Waals surface area (Å²) in [5, 5.41) is 4.94. The molecule has 0 atom stereocenters. The second kappa shape index (κ2) is 5.45. The van der Waals surface area contributed by atoms with Gasteiger partial charge in [0.2, 0.25) is 5.89 Å². The van der Waals surface area contributed by atoms with Crippen molar-refractivity contribution in [3.63, 3.8) is 0 Å². The van der Waals surface area contributed by atoms with E-state index in [9.17, 15) is 4.39 Å². The first kappa shape index (κ1) is 14.4. The fourth-order valence-corrected chi connectivity index (χ4v) is 2.88. The number of H-pyrrole nitrogens is 1. The Kier molecular flexibility index (Phi) is 3.41. The van der Waals surface area contributed by atoms with Crippen LogP contribution in [-0.2, 0) is 16.6 Å². The van der Waals surface area contributed by atoms with E-state index in [0.717, 1.165) is 29.3 Å². The Morgan fingerprint density at radius 2 is 2.26 bits per heavy atom. The number of fused-ring (bicyclic) bond motifs is 1. The molecule has 6 heteroatoms. The van der Waals surface area contributed by atoms with E-state index < -0.39 is 0 Å². The van der Waals surface area contributed by atoms with Gasteiger partial charge in [-0.2, -0.15) is 4.98 Å². The number of nitrogens with zero attached hydrogens (tertiary/aromatic N) is 2. The number of benzene rings is 1. The van der Waals surface area contributed by atoms with E-state index in [0.29, 0.717) is 31.3 Å². The predicted molar refractivity (Wildman–Crippen MR) is 82.8 cm³/mol. The first-order chi connectivity index (χ1) is 11.2. The molecule has 0 aliphatic heterocycles. The summed E-state index contributed by atoms with van der Waals surface area (Å²) < 4.78 is 24.4. The molecule has 2 heterocycles. The first-order valence-electron chi connectivity index (χ1n) is 7.86. The minimum Gasteiger partial charge on any atom is -0.381 e. The number of ether oxygens (including phenoxy) is 1. The van der Waals surface area contributed by atoms with Crippen LogP contribution in [0.4, 0.5) is 4.39 Å². The van der Waals surface area contributed by atoms with Gasteiger partial charge < -0.3 is 14.2 Å². The summed E-state index contributed by atoms with van der Waals surface area (Å²) in [6, 6.07) is 4.70. The fraction of sp³-hybridized carbons (Fsp3) is 0.412. The predicted octanol–water partition coefficient (Wildman–Crippen LogP) is 3.35. The van der Waals surface area contributed by atoms with E-state index in [4.69, 9.17) is 9.26 Å². The molecule has 0 unspecified atom stereocenters. The van der Waals surface area contributed by atoms with Crippen molar-refractivity contribution in [1.29, 1.82) is 0 Å². The van der Waals surface area contributed by atoms with Crippen LogP contribution < -0.4 is 0 Å². The number of rotatable bonds is 6. The van der Waals surface area contributed by atoms with Crippen molar-refractivity contribution in [3.05, 3.63) is 47.5 Å². The topological polar surface area (TPSA) is 63.9 Å². The van der Waals surface area contributed by atoms with Gasteiger partial charge in [0, 0.05) is 30.1 Å². The van der Waals surface area contributed by atoms with Crippen LogP contribution in [0.25, 0.3) is 10.9 Å². The highest BCUT2D eigenvalue weighted by Crippen LogP contribution is 2.47. The molecular formula is C17H18FN3O2. The molecule has 2 aromatic heterocycles. The summed E-state index contributed by atoms with van der Waals surface area (Å²) in [4.78, 5) is 7.68. The highest BCUT2D eigenvalue weighted by Gasteiger charge is 2.49. The van der Waals surface area contributed by atoms with Gasteiger partial charge in [-0.05, 0) is 43.5 Å². The van der Waals surface area contributed by atoms with Crippen molar-refractivity contribution >= 4 is 10.9 Å². The number of hydrogen-bond donors (Lipinski definition) is 1. The Labute approximate surface area is 132 Å². The third kappa shape index (κ3) is 2.63. The van der Waals surface area contributed by atoms with Crippen LogP contribution in [-0.4, -0.2) is 28.3 Å². The number of aromatic amines is 1. The van der Waals surface area contributed by atoms with Crippen molar-refractivity contribution in [2.75, 3.05) is 13.2 Å². The van der Waals surface area contributed by atoms with Gasteiger partial charge in [0.05, 0.1) is 12.0 Å². The van der Waals surface area contributed by atoms with Gasteiger partial charge >= 0.3 is 0 Å². The van der Waals surface area contributed by atoms with Crippen LogP contribution in [0.5, 0.6) is 0 Å². The minimum atomic E-state index is -0.249. The Morgan fingerprint density at radius 1 is 1.39 bits per heavy atom. The SMILES string of the molecule is CCOCC1(c2nc(Cc3c[nH]c4ccc(F)cc34)no2)CC1. The van der Waals surface area contributed by atoms with Crippen LogP contribution in [0.15, 0.2) is 28.9 Å². The molecule has 1 aliphatic carbocycles. The fourth-order valence-electron chi connectivity index (χ4n) is 2.88. The van der Waals surface area contributed by atoms with E-state index in [1.807, 2.05) is 13.1 Å². The molecule has 0 spiro atoms. The molecule has 0 amide bonds. The zero-order chi connectivity index (χ0) is 15.9. The van der Waals surface area contributed by atoms with Gasteiger partial charge in [-0.25, -0.2) is 4.39 Å². The van der Waals surface area contributed by atoms with E-state index in [-0.39, 0.29) is 11.2 Å². The summed E-state index contributed by atoms with van der Waals surface area (Å²) >= 11 is 0. The Balaban J connectivity index is 1.56. The Bertz CT molecular complexity index is 835. The lowest BCUT2D eigenvalue weighted by Crippen LogP contribution is -2.15. The van der Waals surface area contributed by atoms with E-state index in [1.54, 1.807) is 6.07 Å². The summed E-state index contributed by atoms with van der Waals surface area (Å²) in [7, 11) is 0. The van der Waals surface area contributed by atoms with Crippen molar-refractivity contribution in [2.45, 2.75) is 31.6 Å². The summed E-state index contributed by atoms with van der Waals surface area (Å²) in [6.07, 6.45) is 4.42. The molecule has 5 nitrogen and oxygen atoms in total. The molecule has 1 N–H and O–H groups in total. The second-order valence-electron chi connectivity index (χ2n) is 6.11. The molecule has 3 aromatic rings. The van der Waals surface area contributed by atoms with E-state index in [2.05, 4.69) is 15.1 Å². The molecule has 23 heavy (non-hydrogen) atoms. The molecule has 1 aliphatic rings. The summed E-state index contributed by atoms with van der Waals surface area (Å²) in [5.74, 6) is 1.03. The average Bonchev–Trinajstić information content (AvgIpc) is 3.01. The Hall–Kier alpha value is -2.21. The van der Waals surface area contributed by atoms with Crippen molar-refractivity contribution in [3.8, 4) is 0 Å². The molecule has 1 aromatic carbocycles. The maximum absolute atomic E-state index is 13.4. The van der Waals surface area contributed by atoms with Crippen LogP contribution in [0.1, 0.15) is 37.0 Å². The number of hydrogen-bond acceptors (Lipinski definition) is 4. The molecule has 0 saturated heterocycles. The maximum Gasteiger partial charge on any atom is 0.235 e.